The van der Waals surface area contributed by atoms with Crippen molar-refractivity contribution in [3.63, 3.8) is 0 Å². The molecule has 2 aromatic carbocycles. The number of hydrogen-bond acceptors (Lipinski definition) is 9. The predicted octanol–water partition coefficient (Wildman–Crippen LogP) is 0.0920. The van der Waals surface area contributed by atoms with Gasteiger partial charge in [-0.1, -0.05) is 30.3 Å². The molecule has 30 heavy (non-hydrogen) atoms. The number of aryl methyl sites for hydroxylation is 1. The van der Waals surface area contributed by atoms with Gasteiger partial charge in [-0.25, -0.2) is 0 Å². The Morgan fingerprint density at radius 2 is 1.70 bits per heavy atom. The van der Waals surface area contributed by atoms with Gasteiger partial charge >= 0.3 is 0 Å². The van der Waals surface area contributed by atoms with E-state index in [4.69, 9.17) is 9.47 Å². The van der Waals surface area contributed by atoms with Gasteiger partial charge in [0.25, 0.3) is 0 Å². The third-order valence-corrected chi connectivity index (χ3v) is 4.92. The van der Waals surface area contributed by atoms with Gasteiger partial charge in [0, 0.05) is 18.6 Å². The van der Waals surface area contributed by atoms with Crippen LogP contribution < -0.4 is 4.74 Å². The van der Waals surface area contributed by atoms with Gasteiger partial charge in [0.05, 0.1) is 6.61 Å². The lowest BCUT2D eigenvalue weighted by molar-refractivity contribution is -0.277. The normalized spacial score (nSPS) is 26.3. The van der Waals surface area contributed by atoms with Crippen LogP contribution in [0.25, 0.3) is 0 Å². The Kier molecular flexibility index (Phi) is 6.91. The van der Waals surface area contributed by atoms with Gasteiger partial charge < -0.3 is 40.1 Å². The molecule has 0 amide bonds. The Hall–Kier alpha value is -2.69. The van der Waals surface area contributed by atoms with E-state index in [1.165, 1.54) is 0 Å². The molecule has 1 saturated heterocycles. The zero-order valence-corrected chi connectivity index (χ0v) is 16.0. The Morgan fingerprint density at radius 1 is 1.00 bits per heavy atom. The topological polar surface area (TPSA) is 157 Å². The lowest BCUT2D eigenvalue weighted by Crippen LogP contribution is -2.60. The van der Waals surface area contributed by atoms with Gasteiger partial charge in [-0.2, -0.15) is 0 Å². The molecule has 162 valence electrons. The molecule has 1 aliphatic heterocycles. The van der Waals surface area contributed by atoms with Crippen molar-refractivity contribution in [3.05, 3.63) is 53.6 Å². The van der Waals surface area contributed by atoms with Gasteiger partial charge in [0.2, 0.25) is 6.29 Å². The number of hydrogen-bond donors (Lipinski definition) is 6. The Balaban J connectivity index is 1.83. The van der Waals surface area contributed by atoms with E-state index in [1.807, 2.05) is 30.3 Å². The molecule has 0 radical (unpaired) electrons. The summed E-state index contributed by atoms with van der Waals surface area (Å²) in [6, 6.07) is 11.3. The van der Waals surface area contributed by atoms with Gasteiger partial charge in [0.15, 0.2) is 5.78 Å². The summed E-state index contributed by atoms with van der Waals surface area (Å²) < 4.78 is 10.8. The number of carbonyl (C=O) groups excluding carboxylic acids is 1. The van der Waals surface area contributed by atoms with Crippen molar-refractivity contribution < 1.29 is 44.9 Å². The molecule has 0 aromatic heterocycles. The summed E-state index contributed by atoms with van der Waals surface area (Å²) in [6.45, 7) is -0.654. The van der Waals surface area contributed by atoms with Gasteiger partial charge in [-0.05, 0) is 12.0 Å². The summed E-state index contributed by atoms with van der Waals surface area (Å²) in [4.78, 5) is 12.8. The summed E-state index contributed by atoms with van der Waals surface area (Å²) in [5.74, 6) is -1.66. The molecular weight excluding hydrogens is 396 g/mol. The number of ketones is 1. The predicted molar refractivity (Wildman–Crippen MR) is 103 cm³/mol. The first-order valence-electron chi connectivity index (χ1n) is 9.42. The van der Waals surface area contributed by atoms with Crippen LogP contribution in [0.5, 0.6) is 17.2 Å². The van der Waals surface area contributed by atoms with Crippen LogP contribution in [0.3, 0.4) is 0 Å². The Bertz CT molecular complexity index is 868. The number of Topliss-reactive ketones (excluding diaryl/α,β-unsaturated/α-hetero) is 1. The number of phenols is 2. The summed E-state index contributed by atoms with van der Waals surface area (Å²) in [6.07, 6.45) is -7.30. The second-order valence-electron chi connectivity index (χ2n) is 7.06. The molecule has 9 nitrogen and oxygen atoms in total. The van der Waals surface area contributed by atoms with Crippen molar-refractivity contribution in [1.82, 2.24) is 0 Å². The molecule has 0 unspecified atom stereocenters. The van der Waals surface area contributed by atoms with E-state index in [1.54, 1.807) is 0 Å². The number of aliphatic hydroxyl groups is 4. The lowest BCUT2D eigenvalue weighted by Gasteiger charge is -2.39. The quantitative estimate of drug-likeness (QED) is 0.342. The number of carbonyl (C=O) groups is 1. The summed E-state index contributed by atoms with van der Waals surface area (Å²) in [5, 5.41) is 59.3. The highest BCUT2D eigenvalue weighted by atomic mass is 16.7. The minimum absolute atomic E-state index is 0.0351. The van der Waals surface area contributed by atoms with Gasteiger partial charge in [0.1, 0.15) is 47.2 Å². The SMILES string of the molecule is O=C(CCc1ccccc1)c1c(O)cc(O)cc1O[C@H]1O[C@@H](CO)[C@@H](O)[C@@H](O)[C@@H]1O. The minimum Gasteiger partial charge on any atom is -0.508 e. The molecule has 1 fully saturated rings. The average Bonchev–Trinajstić information content (AvgIpc) is 2.72. The van der Waals surface area contributed by atoms with Crippen molar-refractivity contribution in [2.45, 2.75) is 43.5 Å². The molecule has 0 saturated carbocycles. The highest BCUT2D eigenvalue weighted by Crippen LogP contribution is 2.36. The first-order chi connectivity index (χ1) is 14.3. The zero-order valence-electron chi connectivity index (χ0n) is 16.0. The number of rotatable bonds is 7. The van der Waals surface area contributed by atoms with E-state index < -0.39 is 54.6 Å². The lowest BCUT2D eigenvalue weighted by atomic mass is 9.99. The van der Waals surface area contributed by atoms with Crippen LogP contribution in [0.4, 0.5) is 0 Å². The summed E-state index contributed by atoms with van der Waals surface area (Å²) in [5.41, 5.74) is 0.696. The van der Waals surface area contributed by atoms with Crippen molar-refractivity contribution >= 4 is 5.78 Å². The molecule has 6 N–H and O–H groups in total. The van der Waals surface area contributed by atoms with E-state index in [9.17, 15) is 35.4 Å². The van der Waals surface area contributed by atoms with E-state index in [2.05, 4.69) is 0 Å². The van der Waals surface area contributed by atoms with Crippen molar-refractivity contribution in [2.24, 2.45) is 0 Å². The van der Waals surface area contributed by atoms with Crippen LogP contribution >= 0.6 is 0 Å². The fourth-order valence-corrected chi connectivity index (χ4v) is 3.28. The molecule has 2 aromatic rings. The highest BCUT2D eigenvalue weighted by Gasteiger charge is 2.45. The third kappa shape index (κ3) is 4.72. The van der Waals surface area contributed by atoms with E-state index in [-0.39, 0.29) is 17.7 Å². The monoisotopic (exact) mass is 420 g/mol. The van der Waals surface area contributed by atoms with Crippen LogP contribution in [0.15, 0.2) is 42.5 Å². The Labute approximate surface area is 172 Å². The second kappa shape index (κ2) is 9.41. The maximum Gasteiger partial charge on any atom is 0.229 e. The third-order valence-electron chi connectivity index (χ3n) is 4.92. The Morgan fingerprint density at radius 3 is 2.37 bits per heavy atom. The standard InChI is InChI=1S/C21H24O9/c22-10-16-18(26)19(27)20(28)21(30-16)29-15-9-12(23)8-14(25)17(15)13(24)7-6-11-4-2-1-3-5-11/h1-5,8-9,16,18-23,25-28H,6-7,10H2/t16-,18+,19+,20-,21-/m0/s1. The molecule has 1 aliphatic rings. The smallest absolute Gasteiger partial charge is 0.229 e. The van der Waals surface area contributed by atoms with Crippen LogP contribution in [0.1, 0.15) is 22.3 Å². The molecule has 0 spiro atoms. The summed E-state index contributed by atoms with van der Waals surface area (Å²) >= 11 is 0. The summed E-state index contributed by atoms with van der Waals surface area (Å²) in [7, 11) is 0. The number of benzene rings is 2. The van der Waals surface area contributed by atoms with Crippen molar-refractivity contribution in [2.75, 3.05) is 6.61 Å². The number of phenolic OH excluding ortho intramolecular Hbond substituents is 2. The fraction of sp³-hybridized carbons (Fsp3) is 0.381. The largest absolute Gasteiger partial charge is 0.508 e. The molecule has 3 rings (SSSR count). The van der Waals surface area contributed by atoms with E-state index in [0.29, 0.717) is 6.42 Å². The van der Waals surface area contributed by atoms with E-state index in [0.717, 1.165) is 17.7 Å². The first kappa shape index (κ1) is 22.0. The van der Waals surface area contributed by atoms with E-state index >= 15 is 0 Å². The number of aliphatic hydroxyl groups excluding tert-OH is 4. The zero-order chi connectivity index (χ0) is 21.8. The highest BCUT2D eigenvalue weighted by molar-refractivity contribution is 6.01. The fourth-order valence-electron chi connectivity index (χ4n) is 3.28. The van der Waals surface area contributed by atoms with Crippen LogP contribution in [-0.2, 0) is 11.2 Å². The number of aromatic hydroxyl groups is 2. The molecule has 0 aliphatic carbocycles. The van der Waals surface area contributed by atoms with Crippen molar-refractivity contribution in [1.29, 1.82) is 0 Å². The van der Waals surface area contributed by atoms with Crippen LogP contribution in [0, 0.1) is 0 Å². The molecule has 9 heteroatoms. The molecule has 5 atom stereocenters. The maximum absolute atomic E-state index is 12.8. The molecule has 0 bridgehead atoms. The maximum atomic E-state index is 12.8. The van der Waals surface area contributed by atoms with Crippen LogP contribution in [0.2, 0.25) is 0 Å². The minimum atomic E-state index is -1.71. The van der Waals surface area contributed by atoms with Crippen LogP contribution in [-0.4, -0.2) is 73.7 Å². The first-order valence-corrected chi connectivity index (χ1v) is 9.42. The van der Waals surface area contributed by atoms with Gasteiger partial charge in [-0.15, -0.1) is 0 Å². The van der Waals surface area contributed by atoms with Gasteiger partial charge in [-0.3, -0.25) is 4.79 Å². The van der Waals surface area contributed by atoms with Crippen molar-refractivity contribution in [3.8, 4) is 17.2 Å². The molecule has 1 heterocycles. The number of ether oxygens (including phenoxy) is 2. The second-order valence-corrected chi connectivity index (χ2v) is 7.06. The average molecular weight is 420 g/mol. The molecular formula is C21H24O9.